The highest BCUT2D eigenvalue weighted by atomic mass is 16.1. The van der Waals surface area contributed by atoms with Crippen LogP contribution in [0.15, 0.2) is 4.79 Å². The molecule has 1 aromatic heterocycles. The van der Waals surface area contributed by atoms with Crippen LogP contribution in [-0.2, 0) is 5.41 Å². The molecule has 4 nitrogen and oxygen atoms in total. The third kappa shape index (κ3) is 1.59. The van der Waals surface area contributed by atoms with Crippen molar-refractivity contribution < 1.29 is 0 Å². The number of nitrogens with one attached hydrogen (secondary N) is 1. The van der Waals surface area contributed by atoms with E-state index < -0.39 is 0 Å². The zero-order chi connectivity index (χ0) is 13.9. The Labute approximate surface area is 118 Å². The van der Waals surface area contributed by atoms with Crippen LogP contribution in [0.1, 0.15) is 55.6 Å². The topological polar surface area (TPSA) is 69.5 Å². The van der Waals surface area contributed by atoms with Crippen molar-refractivity contribution in [3.05, 3.63) is 27.4 Å². The van der Waals surface area contributed by atoms with Crippen LogP contribution >= 0.6 is 0 Å². The third-order valence-corrected chi connectivity index (χ3v) is 5.75. The van der Waals surface area contributed by atoms with E-state index >= 15 is 0 Å². The van der Waals surface area contributed by atoms with Crippen molar-refractivity contribution in [1.82, 2.24) is 9.97 Å². The summed E-state index contributed by atoms with van der Waals surface area (Å²) in [5.41, 5.74) is 0.582. The molecule has 0 spiro atoms. The molecule has 0 atom stereocenters. The van der Waals surface area contributed by atoms with E-state index in [-0.39, 0.29) is 16.5 Å². The Balaban J connectivity index is 1.82. The first-order chi connectivity index (χ1) is 9.59. The maximum Gasteiger partial charge on any atom is 0.269 e. The van der Waals surface area contributed by atoms with Gasteiger partial charge in [0.15, 0.2) is 0 Å². The fraction of sp³-hybridized carbons (Fsp3) is 0.688. The average molecular weight is 269 g/mol. The lowest BCUT2D eigenvalue weighted by molar-refractivity contribution is -0.00958. The molecular weight excluding hydrogens is 250 g/mol. The molecule has 0 radical (unpaired) electrons. The lowest BCUT2D eigenvalue weighted by Gasteiger charge is -2.56. The van der Waals surface area contributed by atoms with Crippen molar-refractivity contribution >= 4 is 0 Å². The van der Waals surface area contributed by atoms with Gasteiger partial charge < -0.3 is 4.98 Å². The van der Waals surface area contributed by atoms with Gasteiger partial charge in [-0.15, -0.1) is 0 Å². The van der Waals surface area contributed by atoms with Crippen molar-refractivity contribution in [3.63, 3.8) is 0 Å². The fourth-order valence-corrected chi connectivity index (χ4v) is 5.37. The van der Waals surface area contributed by atoms with Crippen LogP contribution in [0.25, 0.3) is 0 Å². The summed E-state index contributed by atoms with van der Waals surface area (Å²) in [6.45, 7) is 1.78. The molecule has 5 rings (SSSR count). The fourth-order valence-electron chi connectivity index (χ4n) is 5.37. The lowest BCUT2D eigenvalue weighted by Crippen LogP contribution is -2.50. The van der Waals surface area contributed by atoms with Crippen LogP contribution < -0.4 is 5.56 Å². The molecule has 1 N–H and O–H groups in total. The van der Waals surface area contributed by atoms with Crippen molar-refractivity contribution in [2.24, 2.45) is 17.8 Å². The minimum atomic E-state index is -0.259. The highest BCUT2D eigenvalue weighted by molar-refractivity contribution is 5.31. The minimum absolute atomic E-state index is 0.0899. The van der Waals surface area contributed by atoms with E-state index in [9.17, 15) is 4.79 Å². The monoisotopic (exact) mass is 269 g/mol. The molecule has 4 aliphatic carbocycles. The molecule has 1 heterocycles. The first-order valence-corrected chi connectivity index (χ1v) is 7.61. The molecule has 4 saturated carbocycles. The molecule has 20 heavy (non-hydrogen) atoms. The highest BCUT2D eigenvalue weighted by Gasteiger charge is 2.53. The Hall–Kier alpha value is -1.63. The first kappa shape index (κ1) is 12.1. The summed E-state index contributed by atoms with van der Waals surface area (Å²) in [5.74, 6) is 3.32. The van der Waals surface area contributed by atoms with E-state index in [0.717, 1.165) is 23.6 Å². The molecule has 104 valence electrons. The molecule has 4 heteroatoms. The maximum absolute atomic E-state index is 12.1. The minimum Gasteiger partial charge on any atom is -0.309 e. The quantitative estimate of drug-likeness (QED) is 0.851. The molecule has 0 amide bonds. The Morgan fingerprint density at radius 2 is 1.75 bits per heavy atom. The van der Waals surface area contributed by atoms with E-state index in [1.165, 1.54) is 38.5 Å². The summed E-state index contributed by atoms with van der Waals surface area (Å²) in [4.78, 5) is 19.6. The predicted octanol–water partition coefficient (Wildman–Crippen LogP) is 2.42. The normalized spacial score (nSPS) is 37.9. The van der Waals surface area contributed by atoms with Gasteiger partial charge in [-0.05, 0) is 63.2 Å². The Morgan fingerprint density at radius 1 is 1.20 bits per heavy atom. The standard InChI is InChI=1S/C16H19N3O/c1-9-13(8-17)14(20)19-15(18-9)16-5-10-2-11(6-16)4-12(3-10)7-16/h10-12H,2-7H2,1H3,(H,18,19,20). The van der Waals surface area contributed by atoms with Gasteiger partial charge in [-0.1, -0.05) is 0 Å². The first-order valence-electron chi connectivity index (χ1n) is 7.61. The van der Waals surface area contributed by atoms with E-state index in [2.05, 4.69) is 9.97 Å². The molecule has 0 aliphatic heterocycles. The summed E-state index contributed by atoms with van der Waals surface area (Å²) in [5, 5.41) is 9.01. The number of rotatable bonds is 1. The number of nitrogens with zero attached hydrogens (tertiary/aromatic N) is 2. The summed E-state index contributed by atoms with van der Waals surface area (Å²) < 4.78 is 0. The Morgan fingerprint density at radius 3 is 2.20 bits per heavy atom. The number of hydrogen-bond donors (Lipinski definition) is 1. The predicted molar refractivity (Wildman–Crippen MR) is 74.2 cm³/mol. The van der Waals surface area contributed by atoms with Crippen LogP contribution in [0.3, 0.4) is 0 Å². The van der Waals surface area contributed by atoms with Gasteiger partial charge in [-0.2, -0.15) is 5.26 Å². The van der Waals surface area contributed by atoms with Crippen molar-refractivity contribution in [1.29, 1.82) is 5.26 Å². The molecule has 0 aromatic carbocycles. The largest absolute Gasteiger partial charge is 0.309 e. The molecule has 0 unspecified atom stereocenters. The number of H-pyrrole nitrogens is 1. The zero-order valence-electron chi connectivity index (χ0n) is 11.8. The second-order valence-electron chi connectivity index (χ2n) is 7.18. The molecule has 4 fully saturated rings. The smallest absolute Gasteiger partial charge is 0.269 e. The van der Waals surface area contributed by atoms with Crippen LogP contribution in [-0.4, -0.2) is 9.97 Å². The van der Waals surface area contributed by atoms with Gasteiger partial charge in [0.1, 0.15) is 17.5 Å². The molecule has 0 saturated heterocycles. The lowest BCUT2D eigenvalue weighted by atomic mass is 9.49. The third-order valence-electron chi connectivity index (χ3n) is 5.75. The molecular formula is C16H19N3O. The van der Waals surface area contributed by atoms with E-state index in [1.807, 2.05) is 6.07 Å². The highest BCUT2D eigenvalue weighted by Crippen LogP contribution is 2.59. The number of nitriles is 1. The summed E-state index contributed by atoms with van der Waals surface area (Å²) in [6.07, 6.45) is 7.64. The van der Waals surface area contributed by atoms with Gasteiger partial charge in [0.25, 0.3) is 5.56 Å². The second kappa shape index (κ2) is 3.94. The average Bonchev–Trinajstić information content (AvgIpc) is 2.36. The van der Waals surface area contributed by atoms with E-state index in [0.29, 0.717) is 5.69 Å². The van der Waals surface area contributed by atoms with Crippen LogP contribution in [0.5, 0.6) is 0 Å². The van der Waals surface area contributed by atoms with Gasteiger partial charge in [-0.25, -0.2) is 4.98 Å². The van der Waals surface area contributed by atoms with Crippen LogP contribution in [0.2, 0.25) is 0 Å². The van der Waals surface area contributed by atoms with Gasteiger partial charge in [0, 0.05) is 5.41 Å². The van der Waals surface area contributed by atoms with Crippen molar-refractivity contribution in [2.45, 2.75) is 50.9 Å². The Bertz CT molecular complexity index is 632. The van der Waals surface area contributed by atoms with Crippen LogP contribution in [0, 0.1) is 36.0 Å². The van der Waals surface area contributed by atoms with Gasteiger partial charge >= 0.3 is 0 Å². The molecule has 4 aliphatic rings. The van der Waals surface area contributed by atoms with Crippen molar-refractivity contribution in [3.8, 4) is 6.07 Å². The summed E-state index contributed by atoms with van der Waals surface area (Å²) in [6, 6.07) is 1.96. The second-order valence-corrected chi connectivity index (χ2v) is 7.18. The SMILES string of the molecule is Cc1nc(C23CC4CC(CC(C4)C2)C3)[nH]c(=O)c1C#N. The number of aromatic nitrogens is 2. The zero-order valence-corrected chi connectivity index (χ0v) is 11.8. The number of hydrogen-bond acceptors (Lipinski definition) is 3. The van der Waals surface area contributed by atoms with Crippen molar-refractivity contribution in [2.75, 3.05) is 0 Å². The molecule has 4 bridgehead atoms. The van der Waals surface area contributed by atoms with Crippen LogP contribution in [0.4, 0.5) is 0 Å². The van der Waals surface area contributed by atoms with E-state index in [4.69, 9.17) is 5.26 Å². The van der Waals surface area contributed by atoms with Gasteiger partial charge in [0.2, 0.25) is 0 Å². The summed E-state index contributed by atoms with van der Waals surface area (Å²) in [7, 11) is 0. The van der Waals surface area contributed by atoms with Gasteiger partial charge in [0.05, 0.1) is 5.69 Å². The number of aromatic amines is 1. The van der Waals surface area contributed by atoms with Gasteiger partial charge in [-0.3, -0.25) is 4.79 Å². The Kier molecular flexibility index (Phi) is 2.39. The number of aryl methyl sites for hydroxylation is 1. The maximum atomic E-state index is 12.1. The van der Waals surface area contributed by atoms with E-state index in [1.54, 1.807) is 6.92 Å². The summed E-state index contributed by atoms with van der Waals surface area (Å²) >= 11 is 0. The molecule has 1 aromatic rings.